The fourth-order valence-electron chi connectivity index (χ4n) is 2.70. The molecular formula is C17H14ClFN4O3S2. The number of nitrogens with zero attached hydrogens (tertiary/aromatic N) is 4. The van der Waals surface area contributed by atoms with Crippen molar-refractivity contribution in [2.75, 3.05) is 16.7 Å². The van der Waals surface area contributed by atoms with Gasteiger partial charge in [-0.15, -0.1) is 10.2 Å². The van der Waals surface area contributed by atoms with Crippen LogP contribution in [0.2, 0.25) is 5.02 Å². The van der Waals surface area contributed by atoms with Gasteiger partial charge < -0.3 is 4.74 Å². The Hall–Kier alpha value is -2.30. The Bertz CT molecular complexity index is 1120. The van der Waals surface area contributed by atoms with Crippen LogP contribution in [0.4, 0.5) is 4.39 Å². The fraction of sp³-hybridized carbons (Fsp3) is 0.176. The lowest BCUT2D eigenvalue weighted by atomic mass is 10.3. The Balaban J connectivity index is 1.66. The Morgan fingerprint density at radius 1 is 1.18 bits per heavy atom. The van der Waals surface area contributed by atoms with Crippen LogP contribution in [-0.2, 0) is 16.6 Å². The number of aromatic nitrogens is 3. The summed E-state index contributed by atoms with van der Waals surface area (Å²) < 4.78 is 47.8. The first-order chi connectivity index (χ1) is 13.4. The lowest BCUT2D eigenvalue weighted by Gasteiger charge is -2.30. The molecule has 0 bridgehead atoms. The van der Waals surface area contributed by atoms with Crippen molar-refractivity contribution in [3.05, 3.63) is 65.2 Å². The minimum absolute atomic E-state index is 0.0709. The van der Waals surface area contributed by atoms with Gasteiger partial charge in [0.2, 0.25) is 5.16 Å². The third-order valence-electron chi connectivity index (χ3n) is 3.95. The molecule has 0 unspecified atom stereocenters. The summed E-state index contributed by atoms with van der Waals surface area (Å²) in [6, 6.07) is 11.7. The van der Waals surface area contributed by atoms with Crippen LogP contribution in [0.3, 0.4) is 0 Å². The van der Waals surface area contributed by atoms with E-state index in [4.69, 9.17) is 16.3 Å². The largest absolute Gasteiger partial charge is 0.485 e. The van der Waals surface area contributed by atoms with E-state index in [0.717, 1.165) is 0 Å². The summed E-state index contributed by atoms with van der Waals surface area (Å²) in [6.07, 6.45) is 0. The SMILES string of the molecule is O=S(=O)(c1cccc(Cl)c1)N1CCSc2nnc(COc3cccc(F)c3)n21. The molecule has 0 fully saturated rings. The molecule has 0 N–H and O–H groups in total. The second-order valence-electron chi connectivity index (χ2n) is 5.81. The standard InChI is InChI=1S/C17H14ClFN4O3S2/c18-12-3-1-6-15(9-12)28(24,25)22-7-8-27-17-21-20-16(23(17)22)11-26-14-5-2-4-13(19)10-14/h1-6,9-10H,7-8,11H2. The van der Waals surface area contributed by atoms with Crippen LogP contribution in [0.1, 0.15) is 5.82 Å². The molecule has 7 nitrogen and oxygen atoms in total. The van der Waals surface area contributed by atoms with Gasteiger partial charge in [0, 0.05) is 16.8 Å². The van der Waals surface area contributed by atoms with Crippen LogP contribution in [-0.4, -0.2) is 35.6 Å². The second-order valence-corrected chi connectivity index (χ2v) is 9.15. The van der Waals surface area contributed by atoms with Crippen LogP contribution < -0.4 is 9.15 Å². The molecule has 146 valence electrons. The molecular weight excluding hydrogens is 427 g/mol. The Morgan fingerprint density at radius 2 is 2.00 bits per heavy atom. The van der Waals surface area contributed by atoms with Gasteiger partial charge in [-0.05, 0) is 30.3 Å². The molecule has 28 heavy (non-hydrogen) atoms. The number of hydrogen-bond acceptors (Lipinski definition) is 6. The average molecular weight is 441 g/mol. The fourth-order valence-corrected chi connectivity index (χ4v) is 5.48. The van der Waals surface area contributed by atoms with Gasteiger partial charge in [0.15, 0.2) is 5.82 Å². The Morgan fingerprint density at radius 3 is 2.79 bits per heavy atom. The third-order valence-corrected chi connectivity index (χ3v) is 6.83. The zero-order valence-corrected chi connectivity index (χ0v) is 16.7. The maximum absolute atomic E-state index is 13.3. The van der Waals surface area contributed by atoms with Crippen molar-refractivity contribution >= 4 is 33.4 Å². The van der Waals surface area contributed by atoms with E-state index in [2.05, 4.69) is 10.2 Å². The van der Waals surface area contributed by atoms with E-state index in [1.807, 2.05) is 0 Å². The highest BCUT2D eigenvalue weighted by molar-refractivity contribution is 7.99. The van der Waals surface area contributed by atoms with Gasteiger partial charge in [-0.3, -0.25) is 0 Å². The van der Waals surface area contributed by atoms with Gasteiger partial charge in [0.1, 0.15) is 18.2 Å². The lowest BCUT2D eigenvalue weighted by molar-refractivity contribution is 0.287. The summed E-state index contributed by atoms with van der Waals surface area (Å²) >= 11 is 7.35. The van der Waals surface area contributed by atoms with Gasteiger partial charge in [-0.25, -0.2) is 4.39 Å². The molecule has 1 aromatic heterocycles. The molecule has 0 saturated carbocycles. The molecule has 0 saturated heterocycles. The Labute approximate surface area is 170 Å². The van der Waals surface area contributed by atoms with Crippen LogP contribution in [0.25, 0.3) is 0 Å². The quantitative estimate of drug-likeness (QED) is 0.606. The van der Waals surface area contributed by atoms with E-state index in [1.165, 1.54) is 51.2 Å². The lowest BCUT2D eigenvalue weighted by Crippen LogP contribution is -2.45. The van der Waals surface area contributed by atoms with Gasteiger partial charge >= 0.3 is 0 Å². The van der Waals surface area contributed by atoms with E-state index < -0.39 is 15.8 Å². The zero-order chi connectivity index (χ0) is 19.7. The number of fused-ring (bicyclic) bond motifs is 1. The van der Waals surface area contributed by atoms with E-state index in [1.54, 1.807) is 18.2 Å². The summed E-state index contributed by atoms with van der Waals surface area (Å²) in [4.78, 5) is 0.0727. The molecule has 3 aromatic rings. The number of sulfonamides is 1. The van der Waals surface area contributed by atoms with E-state index >= 15 is 0 Å². The van der Waals surface area contributed by atoms with Crippen molar-refractivity contribution in [2.24, 2.45) is 0 Å². The van der Waals surface area contributed by atoms with E-state index in [9.17, 15) is 12.8 Å². The smallest absolute Gasteiger partial charge is 0.277 e. The summed E-state index contributed by atoms with van der Waals surface area (Å²) in [5, 5.41) is 8.87. The molecule has 1 aliphatic heterocycles. The molecule has 0 aliphatic carbocycles. The number of thioether (sulfide) groups is 1. The first kappa shape index (κ1) is 19.0. The first-order valence-electron chi connectivity index (χ1n) is 8.19. The molecule has 0 radical (unpaired) electrons. The maximum Gasteiger partial charge on any atom is 0.277 e. The number of benzene rings is 2. The highest BCUT2D eigenvalue weighted by Crippen LogP contribution is 2.28. The summed E-state index contributed by atoms with van der Waals surface area (Å²) in [6.45, 7) is 0.163. The molecule has 2 heterocycles. The van der Waals surface area contributed by atoms with E-state index in [0.29, 0.717) is 21.7 Å². The minimum Gasteiger partial charge on any atom is -0.485 e. The van der Waals surface area contributed by atoms with Crippen LogP contribution >= 0.6 is 23.4 Å². The molecule has 0 spiro atoms. The van der Waals surface area contributed by atoms with Crippen molar-refractivity contribution in [1.29, 1.82) is 0 Å². The topological polar surface area (TPSA) is 77.3 Å². The third kappa shape index (κ3) is 3.67. The normalized spacial score (nSPS) is 14.0. The number of halogens is 2. The summed E-state index contributed by atoms with van der Waals surface area (Å²) in [5.74, 6) is 0.700. The summed E-state index contributed by atoms with van der Waals surface area (Å²) in [7, 11) is -3.88. The summed E-state index contributed by atoms with van der Waals surface area (Å²) in [5.41, 5.74) is 0. The van der Waals surface area contributed by atoms with Gasteiger partial charge in [0.05, 0.1) is 11.4 Å². The number of ether oxygens (including phenoxy) is 1. The number of rotatable bonds is 5. The predicted molar refractivity (Wildman–Crippen MR) is 103 cm³/mol. The zero-order valence-electron chi connectivity index (χ0n) is 14.3. The van der Waals surface area contributed by atoms with Crippen molar-refractivity contribution < 1.29 is 17.5 Å². The monoisotopic (exact) mass is 440 g/mol. The van der Waals surface area contributed by atoms with Crippen LogP contribution in [0.5, 0.6) is 5.75 Å². The van der Waals surface area contributed by atoms with Crippen LogP contribution in [0.15, 0.2) is 58.6 Å². The van der Waals surface area contributed by atoms with Crippen molar-refractivity contribution in [2.45, 2.75) is 16.7 Å². The number of hydrogen-bond donors (Lipinski definition) is 0. The first-order valence-corrected chi connectivity index (χ1v) is 11.0. The van der Waals surface area contributed by atoms with Gasteiger partial charge in [-0.1, -0.05) is 35.5 Å². The van der Waals surface area contributed by atoms with Crippen molar-refractivity contribution in [3.63, 3.8) is 0 Å². The molecule has 0 amide bonds. The highest BCUT2D eigenvalue weighted by atomic mass is 35.5. The Kier molecular flexibility index (Phi) is 5.17. The molecule has 11 heteroatoms. The minimum atomic E-state index is -3.88. The average Bonchev–Trinajstić information content (AvgIpc) is 3.09. The second kappa shape index (κ2) is 7.61. The van der Waals surface area contributed by atoms with Gasteiger partial charge in [0.25, 0.3) is 10.0 Å². The molecule has 1 aliphatic rings. The molecule has 2 aromatic carbocycles. The molecule has 4 rings (SSSR count). The maximum atomic E-state index is 13.3. The predicted octanol–water partition coefficient (Wildman–Crippen LogP) is 3.08. The highest BCUT2D eigenvalue weighted by Gasteiger charge is 2.33. The van der Waals surface area contributed by atoms with Crippen LogP contribution in [0, 0.1) is 5.82 Å². The van der Waals surface area contributed by atoms with E-state index in [-0.39, 0.29) is 23.9 Å². The molecule has 0 atom stereocenters. The van der Waals surface area contributed by atoms with Crippen molar-refractivity contribution in [3.8, 4) is 5.75 Å². The van der Waals surface area contributed by atoms with Gasteiger partial charge in [-0.2, -0.15) is 17.5 Å². The van der Waals surface area contributed by atoms with Crippen molar-refractivity contribution in [1.82, 2.24) is 14.9 Å².